The molecule has 1 aliphatic heterocycles. The highest BCUT2D eigenvalue weighted by Crippen LogP contribution is 2.13. The zero-order valence-electron chi connectivity index (χ0n) is 14.1. The van der Waals surface area contributed by atoms with Gasteiger partial charge in [0.05, 0.1) is 17.5 Å². The first-order valence-corrected chi connectivity index (χ1v) is 9.06. The quantitative estimate of drug-likeness (QED) is 0.730. The molecule has 1 aliphatic rings. The third-order valence-electron chi connectivity index (χ3n) is 3.97. The number of rotatable bonds is 7. The second-order valence-electron chi connectivity index (χ2n) is 6.18. The van der Waals surface area contributed by atoms with Crippen molar-refractivity contribution in [1.82, 2.24) is 20.5 Å². The predicted octanol–water partition coefficient (Wildman–Crippen LogP) is 1.10. The Morgan fingerprint density at radius 2 is 2.35 bits per heavy atom. The number of thiazole rings is 1. The van der Waals surface area contributed by atoms with Crippen LogP contribution in [0.4, 0.5) is 0 Å². The summed E-state index contributed by atoms with van der Waals surface area (Å²) in [6.07, 6.45) is 1.96. The molecule has 2 rings (SSSR count). The second kappa shape index (κ2) is 8.40. The number of piperazine rings is 1. The lowest BCUT2D eigenvalue weighted by atomic mass is 10.1. The number of carbonyl (C=O) groups excluding carboxylic acids is 2. The molecule has 0 unspecified atom stereocenters. The summed E-state index contributed by atoms with van der Waals surface area (Å²) >= 11 is 1.66. The van der Waals surface area contributed by atoms with Gasteiger partial charge in [0.15, 0.2) is 0 Å². The van der Waals surface area contributed by atoms with E-state index in [4.69, 9.17) is 0 Å². The predicted molar refractivity (Wildman–Crippen MR) is 91.4 cm³/mol. The summed E-state index contributed by atoms with van der Waals surface area (Å²) in [5.74, 6) is -0.105. The molecule has 2 heterocycles. The van der Waals surface area contributed by atoms with Crippen molar-refractivity contribution in [3.8, 4) is 0 Å². The van der Waals surface area contributed by atoms with Crippen LogP contribution in [0, 0.1) is 6.92 Å². The Morgan fingerprint density at radius 3 is 3.00 bits per heavy atom. The Hall–Kier alpha value is -1.47. The zero-order chi connectivity index (χ0) is 16.8. The minimum Gasteiger partial charge on any atom is -0.356 e. The van der Waals surface area contributed by atoms with Crippen molar-refractivity contribution in [1.29, 1.82) is 0 Å². The number of aryl methyl sites for hydroxylation is 2. The molecule has 0 aromatic carbocycles. The van der Waals surface area contributed by atoms with E-state index in [1.165, 1.54) is 0 Å². The Balaban J connectivity index is 1.73. The molecule has 2 N–H and O–H groups in total. The second-order valence-corrected chi connectivity index (χ2v) is 7.12. The Labute approximate surface area is 141 Å². The molecule has 23 heavy (non-hydrogen) atoms. The fourth-order valence-corrected chi connectivity index (χ4v) is 3.61. The van der Waals surface area contributed by atoms with E-state index in [1.54, 1.807) is 11.3 Å². The van der Waals surface area contributed by atoms with Crippen molar-refractivity contribution in [3.05, 3.63) is 16.1 Å². The lowest BCUT2D eigenvalue weighted by molar-refractivity contribution is -0.134. The molecule has 7 heteroatoms. The Bertz CT molecular complexity index is 544. The Kier molecular flexibility index (Phi) is 6.53. The molecule has 0 spiro atoms. The molecule has 1 aromatic rings. The standard InChI is InChI=1S/C16H26N4O2S/c1-11(2)20-8-7-18-16(22)13(20)9-14(21)17-6-4-5-15-19-12(3)10-23-15/h10-11,13H,4-9H2,1-3H3,(H,17,21)(H,18,22)/t13-/m0/s1. The molecule has 0 bridgehead atoms. The molecular formula is C16H26N4O2S. The van der Waals surface area contributed by atoms with Crippen LogP contribution >= 0.6 is 11.3 Å². The zero-order valence-corrected chi connectivity index (χ0v) is 14.9. The largest absolute Gasteiger partial charge is 0.356 e. The average molecular weight is 338 g/mol. The van der Waals surface area contributed by atoms with E-state index < -0.39 is 0 Å². The highest BCUT2D eigenvalue weighted by molar-refractivity contribution is 7.09. The van der Waals surface area contributed by atoms with Crippen molar-refractivity contribution in [2.75, 3.05) is 19.6 Å². The minimum atomic E-state index is -0.356. The number of carbonyl (C=O) groups is 2. The number of hydrogen-bond acceptors (Lipinski definition) is 5. The summed E-state index contributed by atoms with van der Waals surface area (Å²) in [6.45, 7) is 8.16. The van der Waals surface area contributed by atoms with Crippen molar-refractivity contribution in [2.45, 2.75) is 52.1 Å². The van der Waals surface area contributed by atoms with Gasteiger partial charge in [-0.1, -0.05) is 0 Å². The van der Waals surface area contributed by atoms with Gasteiger partial charge in [0.1, 0.15) is 0 Å². The first-order chi connectivity index (χ1) is 11.0. The fraction of sp³-hybridized carbons (Fsp3) is 0.688. The summed E-state index contributed by atoms with van der Waals surface area (Å²) in [5, 5.41) is 8.91. The third kappa shape index (κ3) is 5.28. The van der Waals surface area contributed by atoms with Crippen molar-refractivity contribution in [2.24, 2.45) is 0 Å². The van der Waals surface area contributed by atoms with Crippen LogP contribution in [0.5, 0.6) is 0 Å². The molecule has 6 nitrogen and oxygen atoms in total. The first kappa shape index (κ1) is 17.9. The number of hydrogen-bond donors (Lipinski definition) is 2. The fourth-order valence-electron chi connectivity index (χ4n) is 2.79. The average Bonchev–Trinajstić information content (AvgIpc) is 2.91. The van der Waals surface area contributed by atoms with Gasteiger partial charge in [0.25, 0.3) is 0 Å². The SMILES string of the molecule is Cc1csc(CCCNC(=O)C[C@H]2C(=O)NCCN2C(C)C)n1. The molecule has 128 valence electrons. The molecule has 1 fully saturated rings. The number of amides is 2. The normalized spacial score (nSPS) is 19.0. The topological polar surface area (TPSA) is 74.3 Å². The monoisotopic (exact) mass is 338 g/mol. The maximum atomic E-state index is 12.1. The molecule has 0 saturated carbocycles. The summed E-state index contributed by atoms with van der Waals surface area (Å²) in [7, 11) is 0. The van der Waals surface area contributed by atoms with Crippen LogP contribution in [-0.4, -0.2) is 53.4 Å². The molecule has 1 atom stereocenters. The van der Waals surface area contributed by atoms with Crippen LogP contribution in [0.2, 0.25) is 0 Å². The summed E-state index contributed by atoms with van der Waals surface area (Å²) in [6, 6.07) is -0.0997. The van der Waals surface area contributed by atoms with Gasteiger partial charge in [-0.25, -0.2) is 4.98 Å². The van der Waals surface area contributed by atoms with E-state index in [-0.39, 0.29) is 30.3 Å². The van der Waals surface area contributed by atoms with Crippen molar-refractivity contribution in [3.63, 3.8) is 0 Å². The molecular weight excluding hydrogens is 312 g/mol. The lowest BCUT2D eigenvalue weighted by Crippen LogP contribution is -2.58. The number of aromatic nitrogens is 1. The minimum absolute atomic E-state index is 0.0432. The smallest absolute Gasteiger partial charge is 0.237 e. The third-order valence-corrected chi connectivity index (χ3v) is 5.00. The van der Waals surface area contributed by atoms with Gasteiger partial charge >= 0.3 is 0 Å². The van der Waals surface area contributed by atoms with E-state index in [0.717, 1.165) is 30.1 Å². The van der Waals surface area contributed by atoms with Gasteiger partial charge in [-0.05, 0) is 27.2 Å². The lowest BCUT2D eigenvalue weighted by Gasteiger charge is -2.37. The van der Waals surface area contributed by atoms with E-state index in [9.17, 15) is 9.59 Å². The van der Waals surface area contributed by atoms with E-state index in [2.05, 4.69) is 34.4 Å². The van der Waals surface area contributed by atoms with E-state index in [1.807, 2.05) is 12.3 Å². The van der Waals surface area contributed by atoms with E-state index >= 15 is 0 Å². The molecule has 1 saturated heterocycles. The summed E-state index contributed by atoms with van der Waals surface area (Å²) in [4.78, 5) is 30.6. The van der Waals surface area contributed by atoms with Gasteiger partial charge in [-0.3, -0.25) is 14.5 Å². The Morgan fingerprint density at radius 1 is 1.57 bits per heavy atom. The van der Waals surface area contributed by atoms with Gasteiger partial charge in [-0.2, -0.15) is 0 Å². The van der Waals surface area contributed by atoms with Crippen molar-refractivity contribution < 1.29 is 9.59 Å². The highest BCUT2D eigenvalue weighted by Gasteiger charge is 2.32. The van der Waals surface area contributed by atoms with E-state index in [0.29, 0.717) is 13.1 Å². The number of nitrogens with one attached hydrogen (secondary N) is 2. The van der Waals surface area contributed by atoms with Crippen LogP contribution in [0.15, 0.2) is 5.38 Å². The van der Waals surface area contributed by atoms with Crippen LogP contribution < -0.4 is 10.6 Å². The van der Waals surface area contributed by atoms with Crippen LogP contribution in [0.25, 0.3) is 0 Å². The van der Waals surface area contributed by atoms with Crippen LogP contribution in [0.1, 0.15) is 37.4 Å². The van der Waals surface area contributed by atoms with Crippen molar-refractivity contribution >= 4 is 23.2 Å². The van der Waals surface area contributed by atoms with Gasteiger partial charge < -0.3 is 10.6 Å². The molecule has 0 aliphatic carbocycles. The molecule has 1 aromatic heterocycles. The first-order valence-electron chi connectivity index (χ1n) is 8.18. The van der Waals surface area contributed by atoms with Gasteiger partial charge in [0, 0.05) is 43.2 Å². The maximum Gasteiger partial charge on any atom is 0.237 e. The highest BCUT2D eigenvalue weighted by atomic mass is 32.1. The summed E-state index contributed by atoms with van der Waals surface area (Å²) < 4.78 is 0. The van der Waals surface area contributed by atoms with Crippen LogP contribution in [-0.2, 0) is 16.0 Å². The van der Waals surface area contributed by atoms with Gasteiger partial charge in [-0.15, -0.1) is 11.3 Å². The molecule has 2 amide bonds. The molecule has 0 radical (unpaired) electrons. The van der Waals surface area contributed by atoms with Gasteiger partial charge in [0.2, 0.25) is 11.8 Å². The number of nitrogens with zero attached hydrogens (tertiary/aromatic N) is 2. The maximum absolute atomic E-state index is 12.1. The summed E-state index contributed by atoms with van der Waals surface area (Å²) in [5.41, 5.74) is 1.05. The van der Waals surface area contributed by atoms with Crippen LogP contribution in [0.3, 0.4) is 0 Å².